The molecule has 1 aromatic carbocycles. The van der Waals surface area contributed by atoms with Crippen molar-refractivity contribution in [3.8, 4) is 0 Å². The van der Waals surface area contributed by atoms with E-state index in [1.165, 1.54) is 0 Å². The maximum absolute atomic E-state index is 11.9. The van der Waals surface area contributed by atoms with Crippen LogP contribution in [0.1, 0.15) is 42.6 Å². The third-order valence-electron chi connectivity index (χ3n) is 5.55. The van der Waals surface area contributed by atoms with Gasteiger partial charge in [-0.15, -0.1) is 0 Å². The third-order valence-corrected chi connectivity index (χ3v) is 6.49. The maximum Gasteiger partial charge on any atom is 0.408 e. The minimum atomic E-state index is -0.402. The summed E-state index contributed by atoms with van der Waals surface area (Å²) >= 11 is 6.69. The van der Waals surface area contributed by atoms with Crippen LogP contribution in [0.25, 0.3) is 0 Å². The number of rotatable bonds is 5. The third kappa shape index (κ3) is 5.94. The topological polar surface area (TPSA) is 90.1 Å². The van der Waals surface area contributed by atoms with E-state index in [9.17, 15) is 4.79 Å². The van der Waals surface area contributed by atoms with Crippen molar-refractivity contribution in [1.82, 2.24) is 15.3 Å². The first-order valence-electron chi connectivity index (χ1n) is 10.4. The van der Waals surface area contributed by atoms with Crippen LogP contribution < -0.4 is 11.1 Å². The fourth-order valence-electron chi connectivity index (χ4n) is 3.24. The minimum absolute atomic E-state index is 0.0965. The van der Waals surface area contributed by atoms with Crippen LogP contribution in [-0.2, 0) is 22.4 Å². The van der Waals surface area contributed by atoms with Gasteiger partial charge in [-0.2, -0.15) is 0 Å². The van der Waals surface area contributed by atoms with Crippen molar-refractivity contribution in [3.05, 3.63) is 92.9 Å². The lowest BCUT2D eigenvalue weighted by Gasteiger charge is -2.16. The summed E-state index contributed by atoms with van der Waals surface area (Å²) in [5, 5.41) is 2.93. The van der Waals surface area contributed by atoms with Gasteiger partial charge in [0.05, 0.1) is 22.5 Å². The van der Waals surface area contributed by atoms with Crippen LogP contribution in [0.3, 0.4) is 0 Å². The van der Waals surface area contributed by atoms with Crippen molar-refractivity contribution < 1.29 is 9.53 Å². The number of halogens is 2. The molecule has 0 spiro atoms. The lowest BCUT2D eigenvalue weighted by molar-refractivity contribution is 0.134. The number of hydrogen-bond acceptors (Lipinski definition) is 5. The number of carbonyl (C=O) groups excluding carboxylic acids is 1. The molecule has 0 atom stereocenters. The standard InChI is InChI=1S/C16H15BrN2O2.C8H9BrN2/c17-13-6-7-14(18-10-13)16(8-9-16)19-15(20)21-11-12-4-2-1-3-5-12;9-6-1-2-7(11-5-6)8(10)3-4-8/h1-7,10H,8-9,11H2,(H,19,20);1-2,5H,3-4,10H2. The number of alkyl carbamates (subject to hydrolysis) is 1. The first kappa shape index (κ1) is 22.9. The number of aromatic nitrogens is 2. The first-order valence-corrected chi connectivity index (χ1v) is 12.0. The van der Waals surface area contributed by atoms with E-state index in [-0.39, 0.29) is 17.7 Å². The minimum Gasteiger partial charge on any atom is -0.445 e. The number of nitrogens with one attached hydrogen (secondary N) is 1. The molecule has 166 valence electrons. The Balaban J connectivity index is 0.000000186. The fraction of sp³-hybridized carbons (Fsp3) is 0.292. The maximum atomic E-state index is 11.9. The molecular weight excluding hydrogens is 536 g/mol. The van der Waals surface area contributed by atoms with Crippen molar-refractivity contribution >= 4 is 38.0 Å². The number of nitrogens with two attached hydrogens (primary N) is 1. The molecule has 0 bridgehead atoms. The van der Waals surface area contributed by atoms with Gasteiger partial charge in [-0.05, 0) is 87.4 Å². The van der Waals surface area contributed by atoms with Gasteiger partial charge in [0.25, 0.3) is 0 Å². The first-order chi connectivity index (χ1) is 15.4. The Labute approximate surface area is 204 Å². The Bertz CT molecular complexity index is 1050. The van der Waals surface area contributed by atoms with E-state index in [4.69, 9.17) is 10.5 Å². The van der Waals surface area contributed by atoms with Gasteiger partial charge < -0.3 is 15.8 Å². The number of pyridine rings is 2. The van der Waals surface area contributed by atoms with Crippen LogP contribution >= 0.6 is 31.9 Å². The van der Waals surface area contributed by atoms with E-state index < -0.39 is 6.09 Å². The van der Waals surface area contributed by atoms with Crippen molar-refractivity contribution in [2.75, 3.05) is 0 Å². The largest absolute Gasteiger partial charge is 0.445 e. The molecule has 8 heteroatoms. The Kier molecular flexibility index (Phi) is 6.93. The molecular formula is C24H24Br2N4O2. The van der Waals surface area contributed by atoms with E-state index in [0.717, 1.165) is 51.6 Å². The summed E-state index contributed by atoms with van der Waals surface area (Å²) < 4.78 is 7.19. The molecule has 0 saturated heterocycles. The van der Waals surface area contributed by atoms with Crippen LogP contribution in [0.2, 0.25) is 0 Å². The zero-order valence-electron chi connectivity index (χ0n) is 17.4. The quantitative estimate of drug-likeness (QED) is 0.427. The molecule has 6 nitrogen and oxygen atoms in total. The van der Waals surface area contributed by atoms with Gasteiger partial charge in [0, 0.05) is 21.3 Å². The Morgan fingerprint density at radius 2 is 1.50 bits per heavy atom. The van der Waals surface area contributed by atoms with Gasteiger partial charge in [-0.3, -0.25) is 9.97 Å². The van der Waals surface area contributed by atoms with Crippen LogP contribution in [0.4, 0.5) is 4.79 Å². The van der Waals surface area contributed by atoms with Crippen molar-refractivity contribution in [2.45, 2.75) is 43.4 Å². The Hall–Kier alpha value is -2.29. The summed E-state index contributed by atoms with van der Waals surface area (Å²) in [5.74, 6) is 0. The molecule has 5 rings (SSSR count). The molecule has 2 aromatic heterocycles. The predicted octanol–water partition coefficient (Wildman–Crippen LogP) is 5.55. The summed E-state index contributed by atoms with van der Waals surface area (Å²) in [6.07, 6.45) is 7.06. The van der Waals surface area contributed by atoms with E-state index in [1.807, 2.05) is 54.6 Å². The fourth-order valence-corrected chi connectivity index (χ4v) is 3.71. The average Bonchev–Trinajstić information content (AvgIpc) is 3.73. The van der Waals surface area contributed by atoms with Crippen LogP contribution in [-0.4, -0.2) is 16.1 Å². The molecule has 2 aliphatic rings. The molecule has 0 unspecified atom stereocenters. The van der Waals surface area contributed by atoms with E-state index in [1.54, 1.807) is 12.4 Å². The van der Waals surface area contributed by atoms with Gasteiger partial charge in [0.2, 0.25) is 0 Å². The van der Waals surface area contributed by atoms with Gasteiger partial charge >= 0.3 is 6.09 Å². The monoisotopic (exact) mass is 558 g/mol. The second kappa shape index (κ2) is 9.68. The molecule has 2 heterocycles. The lowest BCUT2D eigenvalue weighted by Crippen LogP contribution is -2.35. The zero-order chi connectivity index (χ0) is 22.6. The number of carbonyl (C=O) groups is 1. The Morgan fingerprint density at radius 3 is 2.00 bits per heavy atom. The summed E-state index contributed by atoms with van der Waals surface area (Å²) in [6, 6.07) is 17.4. The van der Waals surface area contributed by atoms with Crippen LogP contribution in [0.15, 0.2) is 75.9 Å². The number of hydrogen-bond donors (Lipinski definition) is 2. The zero-order valence-corrected chi connectivity index (χ0v) is 20.6. The second-order valence-corrected chi connectivity index (χ2v) is 9.98. The second-order valence-electron chi connectivity index (χ2n) is 8.15. The number of benzene rings is 1. The summed E-state index contributed by atoms with van der Waals surface area (Å²) in [6.45, 7) is 0.274. The van der Waals surface area contributed by atoms with E-state index >= 15 is 0 Å². The van der Waals surface area contributed by atoms with Gasteiger partial charge in [0.1, 0.15) is 6.61 Å². The number of ether oxygens (including phenoxy) is 1. The highest BCUT2D eigenvalue weighted by molar-refractivity contribution is 9.10. The lowest BCUT2D eigenvalue weighted by atomic mass is 10.1. The summed E-state index contributed by atoms with van der Waals surface area (Å²) in [4.78, 5) is 20.5. The van der Waals surface area contributed by atoms with E-state index in [0.29, 0.717) is 0 Å². The smallest absolute Gasteiger partial charge is 0.408 e. The van der Waals surface area contributed by atoms with Gasteiger partial charge in [-0.1, -0.05) is 30.3 Å². The molecule has 1 amide bonds. The summed E-state index contributed by atoms with van der Waals surface area (Å²) in [5.41, 5.74) is 8.35. The normalized spacial score (nSPS) is 16.8. The average molecular weight is 560 g/mol. The highest BCUT2D eigenvalue weighted by Gasteiger charge is 2.47. The molecule has 0 aliphatic heterocycles. The molecule has 2 saturated carbocycles. The van der Waals surface area contributed by atoms with Crippen LogP contribution in [0.5, 0.6) is 0 Å². The Morgan fingerprint density at radius 1 is 0.906 bits per heavy atom. The molecule has 32 heavy (non-hydrogen) atoms. The summed E-state index contributed by atoms with van der Waals surface area (Å²) in [7, 11) is 0. The highest BCUT2D eigenvalue weighted by atomic mass is 79.9. The van der Waals surface area contributed by atoms with Crippen molar-refractivity contribution in [2.24, 2.45) is 5.73 Å². The van der Waals surface area contributed by atoms with E-state index in [2.05, 4.69) is 47.1 Å². The van der Waals surface area contributed by atoms with Gasteiger partial charge in [0.15, 0.2) is 0 Å². The molecule has 3 aromatic rings. The molecule has 0 radical (unpaired) electrons. The number of amides is 1. The molecule has 3 N–H and O–H groups in total. The van der Waals surface area contributed by atoms with Crippen LogP contribution in [0, 0.1) is 0 Å². The van der Waals surface area contributed by atoms with Crippen molar-refractivity contribution in [3.63, 3.8) is 0 Å². The highest BCUT2D eigenvalue weighted by Crippen LogP contribution is 2.44. The predicted molar refractivity (Wildman–Crippen MR) is 130 cm³/mol. The molecule has 2 fully saturated rings. The van der Waals surface area contributed by atoms with Gasteiger partial charge in [-0.25, -0.2) is 4.79 Å². The van der Waals surface area contributed by atoms with Crippen molar-refractivity contribution in [1.29, 1.82) is 0 Å². The number of nitrogens with zero attached hydrogens (tertiary/aromatic N) is 2. The SMILES string of the molecule is NC1(c2ccc(Br)cn2)CC1.O=C(NC1(c2ccc(Br)cn2)CC1)OCc1ccccc1. The molecule has 2 aliphatic carbocycles.